The maximum atomic E-state index is 15.0. The average molecular weight is 287 g/mol. The van der Waals surface area contributed by atoms with Crippen molar-refractivity contribution in [2.75, 3.05) is 13.1 Å². The highest BCUT2D eigenvalue weighted by molar-refractivity contribution is 5.82. The summed E-state index contributed by atoms with van der Waals surface area (Å²) in [6.45, 7) is 4.90. The first-order valence-corrected chi connectivity index (χ1v) is 7.00. The monoisotopic (exact) mass is 287 g/mol. The van der Waals surface area contributed by atoms with Crippen molar-refractivity contribution in [3.8, 4) is 0 Å². The van der Waals surface area contributed by atoms with Gasteiger partial charge in [0.2, 0.25) is 5.67 Å². The first kappa shape index (κ1) is 15.1. The Bertz CT molecular complexity index is 425. The van der Waals surface area contributed by atoms with E-state index in [1.165, 1.54) is 4.90 Å². The number of likely N-dealkylation sites (tertiary alicyclic amines) is 1. The van der Waals surface area contributed by atoms with E-state index in [4.69, 9.17) is 4.74 Å². The summed E-state index contributed by atoms with van der Waals surface area (Å²) in [4.78, 5) is 24.7. The second-order valence-corrected chi connectivity index (χ2v) is 6.93. The maximum absolute atomic E-state index is 15.0. The van der Waals surface area contributed by atoms with Gasteiger partial charge in [0.15, 0.2) is 0 Å². The van der Waals surface area contributed by atoms with Crippen LogP contribution in [0.25, 0.3) is 0 Å². The average Bonchev–Trinajstić information content (AvgIpc) is 2.85. The minimum absolute atomic E-state index is 0.130. The van der Waals surface area contributed by atoms with Gasteiger partial charge in [0.1, 0.15) is 5.60 Å². The molecule has 1 spiro atoms. The summed E-state index contributed by atoms with van der Waals surface area (Å²) in [6, 6.07) is 0. The van der Waals surface area contributed by atoms with E-state index in [-0.39, 0.29) is 6.54 Å². The summed E-state index contributed by atoms with van der Waals surface area (Å²) in [6.07, 6.45) is 2.00. The lowest BCUT2D eigenvalue weighted by molar-refractivity contribution is -0.157. The molecule has 0 bridgehead atoms. The molecule has 0 radical (unpaired) electrons. The van der Waals surface area contributed by atoms with Crippen LogP contribution in [-0.4, -0.2) is 46.4 Å². The summed E-state index contributed by atoms with van der Waals surface area (Å²) < 4.78 is 20.2. The maximum Gasteiger partial charge on any atom is 0.410 e. The number of aliphatic carboxylic acids is 1. The largest absolute Gasteiger partial charge is 0.479 e. The number of alkyl halides is 1. The minimum Gasteiger partial charge on any atom is -0.479 e. The van der Waals surface area contributed by atoms with Crippen molar-refractivity contribution in [1.29, 1.82) is 0 Å². The van der Waals surface area contributed by atoms with E-state index < -0.39 is 35.3 Å². The number of nitrogens with zero attached hydrogens (tertiary/aromatic N) is 1. The van der Waals surface area contributed by atoms with Crippen molar-refractivity contribution < 1.29 is 23.8 Å². The molecule has 2 rings (SSSR count). The quantitative estimate of drug-likeness (QED) is 0.805. The fraction of sp³-hybridized carbons (Fsp3) is 0.857. The molecule has 1 aliphatic heterocycles. The zero-order valence-corrected chi connectivity index (χ0v) is 12.2. The number of carboxylic acid groups (broad SMARTS) is 1. The molecule has 2 aliphatic rings. The van der Waals surface area contributed by atoms with Crippen LogP contribution in [0.3, 0.4) is 0 Å². The second-order valence-electron chi connectivity index (χ2n) is 6.93. The molecule has 6 heteroatoms. The molecule has 1 unspecified atom stereocenters. The van der Waals surface area contributed by atoms with Crippen LogP contribution in [0.1, 0.15) is 46.5 Å². The lowest BCUT2D eigenvalue weighted by Crippen LogP contribution is -2.48. The van der Waals surface area contributed by atoms with E-state index in [0.717, 1.165) is 12.8 Å². The lowest BCUT2D eigenvalue weighted by Gasteiger charge is -2.31. The van der Waals surface area contributed by atoms with E-state index in [1.807, 2.05) is 0 Å². The molecule has 1 N–H and O–H groups in total. The fourth-order valence-corrected chi connectivity index (χ4v) is 3.33. The van der Waals surface area contributed by atoms with Crippen LogP contribution < -0.4 is 0 Å². The Kier molecular flexibility index (Phi) is 3.47. The predicted molar refractivity (Wildman–Crippen MR) is 70.2 cm³/mol. The van der Waals surface area contributed by atoms with Crippen LogP contribution in [0.5, 0.6) is 0 Å². The summed E-state index contributed by atoms with van der Waals surface area (Å²) in [5.74, 6) is -1.47. The van der Waals surface area contributed by atoms with E-state index in [0.29, 0.717) is 12.8 Å². The summed E-state index contributed by atoms with van der Waals surface area (Å²) in [5.41, 5.74) is -3.99. The fourth-order valence-electron chi connectivity index (χ4n) is 3.33. The first-order chi connectivity index (χ1) is 9.10. The Hall–Kier alpha value is -1.33. The molecule has 114 valence electrons. The van der Waals surface area contributed by atoms with E-state index in [2.05, 4.69) is 0 Å². The van der Waals surface area contributed by atoms with Gasteiger partial charge in [-0.1, -0.05) is 12.8 Å². The number of rotatable bonds is 1. The van der Waals surface area contributed by atoms with E-state index in [9.17, 15) is 19.1 Å². The van der Waals surface area contributed by atoms with Crippen LogP contribution in [0, 0.1) is 5.41 Å². The molecular formula is C14H22FNO4. The van der Waals surface area contributed by atoms with Gasteiger partial charge in [-0.2, -0.15) is 0 Å². The van der Waals surface area contributed by atoms with Crippen molar-refractivity contribution in [2.24, 2.45) is 5.41 Å². The Morgan fingerprint density at radius 1 is 1.20 bits per heavy atom. The summed E-state index contributed by atoms with van der Waals surface area (Å²) in [7, 11) is 0. The van der Waals surface area contributed by atoms with Gasteiger partial charge < -0.3 is 14.7 Å². The van der Waals surface area contributed by atoms with Crippen molar-refractivity contribution in [1.82, 2.24) is 4.90 Å². The van der Waals surface area contributed by atoms with Crippen molar-refractivity contribution in [3.05, 3.63) is 0 Å². The van der Waals surface area contributed by atoms with Gasteiger partial charge in [0, 0.05) is 12.0 Å². The predicted octanol–water partition coefficient (Wildman–Crippen LogP) is 2.59. The SMILES string of the molecule is CC(C)(C)OC(=O)N1CC2(CCCC2)C(F)(C(=O)O)C1. The van der Waals surface area contributed by atoms with Crippen LogP contribution in [0.2, 0.25) is 0 Å². The van der Waals surface area contributed by atoms with Gasteiger partial charge >= 0.3 is 12.1 Å². The van der Waals surface area contributed by atoms with Gasteiger partial charge in [-0.15, -0.1) is 0 Å². The molecule has 1 atom stereocenters. The third kappa shape index (κ3) is 2.36. The topological polar surface area (TPSA) is 66.8 Å². The summed E-state index contributed by atoms with van der Waals surface area (Å²) >= 11 is 0. The number of carboxylic acids is 1. The Balaban J connectivity index is 2.21. The molecule has 1 saturated carbocycles. The molecule has 1 heterocycles. The number of amides is 1. The molecule has 5 nitrogen and oxygen atoms in total. The molecule has 2 fully saturated rings. The highest BCUT2D eigenvalue weighted by Gasteiger charge is 2.65. The zero-order valence-electron chi connectivity index (χ0n) is 12.2. The normalized spacial score (nSPS) is 28.9. The Morgan fingerprint density at radius 3 is 2.20 bits per heavy atom. The van der Waals surface area contributed by atoms with Gasteiger partial charge in [-0.05, 0) is 33.6 Å². The molecule has 1 amide bonds. The van der Waals surface area contributed by atoms with Crippen LogP contribution in [0.15, 0.2) is 0 Å². The molecule has 0 aromatic heterocycles. The molecule has 0 aromatic carbocycles. The number of carbonyl (C=O) groups excluding carboxylic acids is 1. The van der Waals surface area contributed by atoms with E-state index in [1.54, 1.807) is 20.8 Å². The number of hydrogen-bond donors (Lipinski definition) is 1. The molecule has 0 aromatic rings. The molecule has 1 aliphatic carbocycles. The standard InChI is InChI=1S/C14H22FNO4/c1-12(2,3)20-11(19)16-8-13(6-4-5-7-13)14(15,9-16)10(17)18/h4-9H2,1-3H3,(H,17,18). The smallest absolute Gasteiger partial charge is 0.410 e. The minimum atomic E-state index is -2.36. The molecule has 1 saturated heterocycles. The lowest BCUT2D eigenvalue weighted by atomic mass is 9.74. The van der Waals surface area contributed by atoms with E-state index >= 15 is 0 Å². The zero-order chi connectivity index (χ0) is 15.2. The van der Waals surface area contributed by atoms with Gasteiger partial charge in [-0.3, -0.25) is 0 Å². The van der Waals surface area contributed by atoms with Crippen molar-refractivity contribution in [2.45, 2.75) is 57.7 Å². The van der Waals surface area contributed by atoms with Crippen LogP contribution in [0.4, 0.5) is 9.18 Å². The van der Waals surface area contributed by atoms with Crippen molar-refractivity contribution in [3.63, 3.8) is 0 Å². The second kappa shape index (κ2) is 4.60. The third-order valence-electron chi connectivity index (χ3n) is 4.29. The third-order valence-corrected chi connectivity index (χ3v) is 4.29. The summed E-state index contributed by atoms with van der Waals surface area (Å²) in [5, 5.41) is 9.28. The van der Waals surface area contributed by atoms with Gasteiger partial charge in [0.25, 0.3) is 0 Å². The number of halogens is 1. The van der Waals surface area contributed by atoms with Gasteiger partial charge in [-0.25, -0.2) is 14.0 Å². The number of ether oxygens (including phenoxy) is 1. The first-order valence-electron chi connectivity index (χ1n) is 7.00. The molecule has 20 heavy (non-hydrogen) atoms. The Labute approximate surface area is 118 Å². The molecular weight excluding hydrogens is 265 g/mol. The highest BCUT2D eigenvalue weighted by Crippen LogP contribution is 2.53. The van der Waals surface area contributed by atoms with Crippen LogP contribution in [-0.2, 0) is 9.53 Å². The number of carbonyl (C=O) groups is 2. The van der Waals surface area contributed by atoms with Crippen LogP contribution >= 0.6 is 0 Å². The highest BCUT2D eigenvalue weighted by atomic mass is 19.1. The Morgan fingerprint density at radius 2 is 1.75 bits per heavy atom. The van der Waals surface area contributed by atoms with Crippen molar-refractivity contribution >= 4 is 12.1 Å². The van der Waals surface area contributed by atoms with Gasteiger partial charge in [0.05, 0.1) is 6.54 Å². The number of hydrogen-bond acceptors (Lipinski definition) is 3.